The number of likely N-dealkylation sites (N-methyl/N-ethyl adjacent to an activating group) is 1. The summed E-state index contributed by atoms with van der Waals surface area (Å²) in [5, 5.41) is 11.3. The van der Waals surface area contributed by atoms with Crippen molar-refractivity contribution in [2.75, 3.05) is 53.4 Å². The van der Waals surface area contributed by atoms with Gasteiger partial charge in [-0.1, -0.05) is 12.1 Å². The Bertz CT molecular complexity index is 835. The number of aromatic amines is 1. The third-order valence-corrected chi connectivity index (χ3v) is 5.79. The van der Waals surface area contributed by atoms with E-state index in [2.05, 4.69) is 42.8 Å². The Morgan fingerprint density at radius 1 is 1.14 bits per heavy atom. The number of benzene rings is 1. The van der Waals surface area contributed by atoms with E-state index in [4.69, 9.17) is 0 Å². The molecule has 0 radical (unpaired) electrons. The zero-order valence-electron chi connectivity index (χ0n) is 17.9. The lowest BCUT2D eigenvalue weighted by molar-refractivity contribution is -0.132. The van der Waals surface area contributed by atoms with Crippen molar-refractivity contribution in [1.29, 1.82) is 0 Å². The smallest absolute Gasteiger partial charge is 0.227 e. The summed E-state index contributed by atoms with van der Waals surface area (Å²) in [5.74, 6) is 0.193. The van der Waals surface area contributed by atoms with Gasteiger partial charge in [-0.3, -0.25) is 9.69 Å². The van der Waals surface area contributed by atoms with Gasteiger partial charge >= 0.3 is 0 Å². The van der Waals surface area contributed by atoms with Gasteiger partial charge in [0.15, 0.2) is 0 Å². The summed E-state index contributed by atoms with van der Waals surface area (Å²) >= 11 is 0. The molecule has 1 aliphatic heterocycles. The van der Waals surface area contributed by atoms with E-state index in [1.54, 1.807) is 0 Å². The van der Waals surface area contributed by atoms with Gasteiger partial charge < -0.3 is 19.9 Å². The van der Waals surface area contributed by atoms with Gasteiger partial charge in [-0.2, -0.15) is 0 Å². The lowest BCUT2D eigenvalue weighted by Crippen LogP contribution is -2.51. The first-order valence-electron chi connectivity index (χ1n) is 10.2. The molecule has 0 bridgehead atoms. The van der Waals surface area contributed by atoms with Crippen molar-refractivity contribution in [2.45, 2.75) is 33.3 Å². The molecule has 28 heavy (non-hydrogen) atoms. The maximum Gasteiger partial charge on any atom is 0.227 e. The van der Waals surface area contributed by atoms with Crippen molar-refractivity contribution in [1.82, 2.24) is 19.7 Å². The van der Waals surface area contributed by atoms with Crippen molar-refractivity contribution in [3.63, 3.8) is 0 Å². The summed E-state index contributed by atoms with van der Waals surface area (Å²) in [6.07, 6.45) is 0.0941. The highest BCUT2D eigenvalue weighted by Crippen LogP contribution is 2.28. The molecule has 1 aromatic carbocycles. The van der Waals surface area contributed by atoms with Crippen LogP contribution in [0.15, 0.2) is 12.1 Å². The molecule has 1 fully saturated rings. The number of fused-ring (bicyclic) bond motifs is 1. The molecule has 3 rings (SSSR count). The van der Waals surface area contributed by atoms with E-state index in [0.717, 1.165) is 43.0 Å². The lowest BCUT2D eigenvalue weighted by atomic mass is 10.0. The van der Waals surface area contributed by atoms with Gasteiger partial charge in [-0.05, 0) is 51.6 Å². The van der Waals surface area contributed by atoms with Crippen LogP contribution in [0.2, 0.25) is 0 Å². The van der Waals surface area contributed by atoms with Crippen molar-refractivity contribution >= 4 is 16.8 Å². The number of carbonyl (C=O) groups is 1. The minimum absolute atomic E-state index is 0.193. The van der Waals surface area contributed by atoms with Gasteiger partial charge in [-0.25, -0.2) is 0 Å². The molecule has 1 saturated heterocycles. The van der Waals surface area contributed by atoms with E-state index in [1.807, 2.05) is 23.9 Å². The second kappa shape index (κ2) is 8.64. The molecule has 0 saturated carbocycles. The van der Waals surface area contributed by atoms with E-state index in [0.29, 0.717) is 19.5 Å². The van der Waals surface area contributed by atoms with Crippen LogP contribution in [0.1, 0.15) is 22.4 Å². The fraction of sp³-hybridized carbons (Fsp3) is 0.591. The normalized spacial score (nSPS) is 16.9. The molecule has 2 heterocycles. The molecular formula is C22H34N4O2. The first kappa shape index (κ1) is 20.8. The highest BCUT2D eigenvalue weighted by Gasteiger charge is 2.24. The van der Waals surface area contributed by atoms with Crippen molar-refractivity contribution < 1.29 is 9.90 Å². The van der Waals surface area contributed by atoms with E-state index in [1.165, 1.54) is 16.5 Å². The number of nitrogens with zero attached hydrogens (tertiary/aromatic N) is 3. The Morgan fingerprint density at radius 3 is 2.43 bits per heavy atom. The monoisotopic (exact) mass is 386 g/mol. The molecule has 1 aromatic heterocycles. The van der Waals surface area contributed by atoms with Crippen molar-refractivity contribution in [2.24, 2.45) is 0 Å². The van der Waals surface area contributed by atoms with Gasteiger partial charge in [0.25, 0.3) is 0 Å². The standard InChI is InChI=1S/C22H34N4O2/c1-15-6-7-16(2)22-21(15)19(17(3)23-22)12-20(28)26-10-8-25(9-11-26)14-18(27)13-24(4)5/h6-7,18,23,27H,8-14H2,1-5H3. The summed E-state index contributed by atoms with van der Waals surface area (Å²) < 4.78 is 0. The minimum Gasteiger partial charge on any atom is -0.390 e. The van der Waals surface area contributed by atoms with Gasteiger partial charge in [0.2, 0.25) is 5.91 Å². The molecule has 6 nitrogen and oxygen atoms in total. The van der Waals surface area contributed by atoms with Crippen LogP contribution in [0.5, 0.6) is 0 Å². The average Bonchev–Trinajstić information content (AvgIpc) is 2.96. The number of H-pyrrole nitrogens is 1. The van der Waals surface area contributed by atoms with Gasteiger partial charge in [0.05, 0.1) is 12.5 Å². The largest absolute Gasteiger partial charge is 0.390 e. The first-order valence-corrected chi connectivity index (χ1v) is 10.2. The molecule has 1 unspecified atom stereocenters. The number of piperazine rings is 1. The molecule has 2 N–H and O–H groups in total. The number of carbonyl (C=O) groups excluding carboxylic acids is 1. The van der Waals surface area contributed by atoms with Crippen LogP contribution in [-0.4, -0.2) is 90.2 Å². The molecule has 2 aromatic rings. The minimum atomic E-state index is -0.350. The third-order valence-electron chi connectivity index (χ3n) is 5.79. The fourth-order valence-electron chi connectivity index (χ4n) is 4.25. The predicted molar refractivity (Wildman–Crippen MR) is 114 cm³/mol. The molecule has 1 atom stereocenters. The molecule has 6 heteroatoms. The number of aliphatic hydroxyl groups is 1. The van der Waals surface area contributed by atoms with E-state index >= 15 is 0 Å². The lowest BCUT2D eigenvalue weighted by Gasteiger charge is -2.36. The number of hydrogen-bond donors (Lipinski definition) is 2. The Morgan fingerprint density at radius 2 is 1.79 bits per heavy atom. The quantitative estimate of drug-likeness (QED) is 0.793. The molecule has 1 amide bonds. The Labute approximate surface area is 168 Å². The summed E-state index contributed by atoms with van der Waals surface area (Å²) in [6, 6.07) is 4.26. The predicted octanol–water partition coefficient (Wildman–Crippen LogP) is 1.70. The van der Waals surface area contributed by atoms with Crippen LogP contribution in [0.4, 0.5) is 0 Å². The first-order chi connectivity index (χ1) is 13.3. The SMILES string of the molecule is Cc1[nH]c2c(C)ccc(C)c2c1CC(=O)N1CCN(CC(O)CN(C)C)CC1. The second-order valence-corrected chi connectivity index (χ2v) is 8.45. The van der Waals surface area contributed by atoms with Gasteiger partial charge in [0.1, 0.15) is 0 Å². The number of nitrogens with one attached hydrogen (secondary N) is 1. The zero-order valence-corrected chi connectivity index (χ0v) is 17.9. The molecule has 1 aliphatic rings. The fourth-order valence-corrected chi connectivity index (χ4v) is 4.25. The number of aryl methyl sites for hydroxylation is 3. The van der Waals surface area contributed by atoms with Crippen LogP contribution < -0.4 is 0 Å². The highest BCUT2D eigenvalue weighted by molar-refractivity contribution is 5.93. The van der Waals surface area contributed by atoms with Crippen LogP contribution >= 0.6 is 0 Å². The number of rotatable bonds is 6. The van der Waals surface area contributed by atoms with Crippen LogP contribution in [0.25, 0.3) is 10.9 Å². The average molecular weight is 387 g/mol. The molecule has 0 aliphatic carbocycles. The Hall–Kier alpha value is -1.89. The third kappa shape index (κ3) is 4.57. The number of hydrogen-bond acceptors (Lipinski definition) is 4. The number of aromatic nitrogens is 1. The van der Waals surface area contributed by atoms with Gasteiger partial charge in [0, 0.05) is 55.9 Å². The summed E-state index contributed by atoms with van der Waals surface area (Å²) in [5.41, 5.74) is 5.80. The molecular weight excluding hydrogens is 352 g/mol. The van der Waals surface area contributed by atoms with Crippen LogP contribution in [0.3, 0.4) is 0 Å². The Kier molecular flexibility index (Phi) is 6.43. The van der Waals surface area contributed by atoms with Gasteiger partial charge in [-0.15, -0.1) is 0 Å². The maximum absolute atomic E-state index is 13.0. The summed E-state index contributed by atoms with van der Waals surface area (Å²) in [4.78, 5) is 22.7. The summed E-state index contributed by atoms with van der Waals surface area (Å²) in [7, 11) is 3.94. The van der Waals surface area contributed by atoms with Crippen molar-refractivity contribution in [3.05, 3.63) is 34.5 Å². The van der Waals surface area contributed by atoms with E-state index < -0.39 is 0 Å². The van der Waals surface area contributed by atoms with Crippen molar-refractivity contribution in [3.8, 4) is 0 Å². The molecule has 154 valence electrons. The number of amides is 1. The summed E-state index contributed by atoms with van der Waals surface area (Å²) in [6.45, 7) is 10.7. The topological polar surface area (TPSA) is 62.8 Å². The van der Waals surface area contributed by atoms with Crippen LogP contribution in [0, 0.1) is 20.8 Å². The highest BCUT2D eigenvalue weighted by atomic mass is 16.3. The van der Waals surface area contributed by atoms with E-state index in [-0.39, 0.29) is 12.0 Å². The number of β-amino-alcohol motifs (C(OH)–C–C–N with tert-alkyl or cyclic N) is 1. The second-order valence-electron chi connectivity index (χ2n) is 8.45. The van der Waals surface area contributed by atoms with E-state index in [9.17, 15) is 9.90 Å². The van der Waals surface area contributed by atoms with Crippen LogP contribution in [-0.2, 0) is 11.2 Å². The maximum atomic E-state index is 13.0. The molecule has 0 spiro atoms. The number of aliphatic hydroxyl groups excluding tert-OH is 1. The zero-order chi connectivity index (χ0) is 20.4. The Balaban J connectivity index is 1.62.